The molecule has 0 N–H and O–H groups in total. The van der Waals surface area contributed by atoms with Crippen LogP contribution >= 0.6 is 0 Å². The molecule has 0 heterocycles. The Bertz CT molecular complexity index is 587. The average molecular weight is 242 g/mol. The van der Waals surface area contributed by atoms with Gasteiger partial charge >= 0.3 is 5.97 Å². The third kappa shape index (κ3) is 2.35. The number of esters is 1. The number of ether oxygens (including phenoxy) is 2. The normalized spacial score (nSPS) is 10.1. The Morgan fingerprint density at radius 2 is 2.11 bits per heavy atom. The average Bonchev–Trinajstić information content (AvgIpc) is 2.43. The molecule has 3 nitrogen and oxygen atoms in total. The summed E-state index contributed by atoms with van der Waals surface area (Å²) < 4.78 is 10.3. The van der Waals surface area contributed by atoms with Gasteiger partial charge in [-0.1, -0.05) is 36.9 Å². The van der Waals surface area contributed by atoms with E-state index in [2.05, 4.69) is 6.58 Å². The molecule has 0 aliphatic carbocycles. The summed E-state index contributed by atoms with van der Waals surface area (Å²) in [6.45, 7) is 4.01. The van der Waals surface area contributed by atoms with Gasteiger partial charge in [0.25, 0.3) is 0 Å². The number of benzene rings is 2. The minimum Gasteiger partial charge on any atom is -0.489 e. The standard InChI is InChI=1S/C15H14O3/c1-3-8-18-14-10-12(15(16)17-2)9-11-6-4-5-7-13(11)14/h3-7,9-10H,1,8H2,2H3. The lowest BCUT2D eigenvalue weighted by molar-refractivity contribution is 0.0600. The highest BCUT2D eigenvalue weighted by molar-refractivity contribution is 5.98. The van der Waals surface area contributed by atoms with E-state index in [0.717, 1.165) is 10.8 Å². The van der Waals surface area contributed by atoms with Crippen LogP contribution in [0.5, 0.6) is 5.75 Å². The van der Waals surface area contributed by atoms with Gasteiger partial charge in [0, 0.05) is 5.39 Å². The topological polar surface area (TPSA) is 35.5 Å². The van der Waals surface area contributed by atoms with Crippen molar-refractivity contribution in [2.24, 2.45) is 0 Å². The van der Waals surface area contributed by atoms with Crippen molar-refractivity contribution in [1.82, 2.24) is 0 Å². The largest absolute Gasteiger partial charge is 0.489 e. The first-order chi connectivity index (χ1) is 8.76. The fraction of sp³-hybridized carbons (Fsp3) is 0.133. The minimum atomic E-state index is -0.371. The van der Waals surface area contributed by atoms with Gasteiger partial charge in [-0.3, -0.25) is 0 Å². The van der Waals surface area contributed by atoms with Crippen LogP contribution in [-0.2, 0) is 4.74 Å². The van der Waals surface area contributed by atoms with Crippen molar-refractivity contribution >= 4 is 16.7 Å². The molecule has 2 aromatic rings. The molecule has 0 aromatic heterocycles. The minimum absolute atomic E-state index is 0.371. The first-order valence-electron chi connectivity index (χ1n) is 5.61. The van der Waals surface area contributed by atoms with Crippen molar-refractivity contribution in [2.75, 3.05) is 13.7 Å². The summed E-state index contributed by atoms with van der Waals surface area (Å²) in [4.78, 5) is 11.6. The third-order valence-corrected chi connectivity index (χ3v) is 2.60. The molecule has 0 saturated carbocycles. The van der Waals surface area contributed by atoms with Crippen molar-refractivity contribution in [3.05, 3.63) is 54.6 Å². The van der Waals surface area contributed by atoms with Crippen molar-refractivity contribution in [1.29, 1.82) is 0 Å². The molecule has 0 radical (unpaired) electrons. The number of fused-ring (bicyclic) bond motifs is 1. The van der Waals surface area contributed by atoms with Crippen LogP contribution in [0.2, 0.25) is 0 Å². The quantitative estimate of drug-likeness (QED) is 0.610. The molecular weight excluding hydrogens is 228 g/mol. The SMILES string of the molecule is C=CCOc1cc(C(=O)OC)cc2ccccc12. The van der Waals surface area contributed by atoms with Gasteiger partial charge in [-0.05, 0) is 17.5 Å². The maximum Gasteiger partial charge on any atom is 0.338 e. The van der Waals surface area contributed by atoms with E-state index in [1.807, 2.05) is 24.3 Å². The molecule has 3 heteroatoms. The van der Waals surface area contributed by atoms with Crippen LogP contribution in [0.3, 0.4) is 0 Å². The van der Waals surface area contributed by atoms with Crippen molar-refractivity contribution < 1.29 is 14.3 Å². The van der Waals surface area contributed by atoms with Gasteiger partial charge in [-0.25, -0.2) is 4.79 Å². The van der Waals surface area contributed by atoms with Crippen LogP contribution in [0.4, 0.5) is 0 Å². The Labute approximate surface area is 106 Å². The maximum atomic E-state index is 11.6. The van der Waals surface area contributed by atoms with E-state index in [9.17, 15) is 4.79 Å². The van der Waals surface area contributed by atoms with E-state index in [4.69, 9.17) is 9.47 Å². The summed E-state index contributed by atoms with van der Waals surface area (Å²) in [6, 6.07) is 11.2. The van der Waals surface area contributed by atoms with Gasteiger partial charge in [0.05, 0.1) is 12.7 Å². The van der Waals surface area contributed by atoms with Crippen molar-refractivity contribution in [2.45, 2.75) is 0 Å². The molecule has 0 aliphatic rings. The number of carbonyl (C=O) groups excluding carboxylic acids is 1. The number of hydrogen-bond acceptors (Lipinski definition) is 3. The third-order valence-electron chi connectivity index (χ3n) is 2.60. The summed E-state index contributed by atoms with van der Waals surface area (Å²) in [5.74, 6) is 0.289. The smallest absolute Gasteiger partial charge is 0.338 e. The first kappa shape index (κ1) is 12.2. The van der Waals surface area contributed by atoms with Gasteiger partial charge in [0.15, 0.2) is 0 Å². The summed E-state index contributed by atoms with van der Waals surface area (Å²) in [7, 11) is 1.36. The lowest BCUT2D eigenvalue weighted by Gasteiger charge is -2.09. The summed E-state index contributed by atoms with van der Waals surface area (Å²) in [5.41, 5.74) is 0.482. The molecule has 18 heavy (non-hydrogen) atoms. The summed E-state index contributed by atoms with van der Waals surface area (Å²) in [6.07, 6.45) is 1.67. The summed E-state index contributed by atoms with van der Waals surface area (Å²) in [5, 5.41) is 1.91. The summed E-state index contributed by atoms with van der Waals surface area (Å²) >= 11 is 0. The van der Waals surface area contributed by atoms with E-state index < -0.39 is 0 Å². The predicted molar refractivity (Wildman–Crippen MR) is 71.0 cm³/mol. The highest BCUT2D eigenvalue weighted by Crippen LogP contribution is 2.28. The Morgan fingerprint density at radius 3 is 2.83 bits per heavy atom. The second-order valence-electron chi connectivity index (χ2n) is 3.79. The van der Waals surface area contributed by atoms with E-state index in [-0.39, 0.29) is 5.97 Å². The zero-order chi connectivity index (χ0) is 13.0. The second kappa shape index (κ2) is 5.36. The molecule has 2 rings (SSSR count). The predicted octanol–water partition coefficient (Wildman–Crippen LogP) is 3.19. The van der Waals surface area contributed by atoms with E-state index in [1.165, 1.54) is 7.11 Å². The molecule has 0 atom stereocenters. The van der Waals surface area contributed by atoms with E-state index in [1.54, 1.807) is 18.2 Å². The van der Waals surface area contributed by atoms with Crippen LogP contribution in [0.15, 0.2) is 49.1 Å². The van der Waals surface area contributed by atoms with Gasteiger partial charge in [0.2, 0.25) is 0 Å². The molecule has 0 aliphatic heterocycles. The fourth-order valence-corrected chi connectivity index (χ4v) is 1.78. The van der Waals surface area contributed by atoms with Crippen LogP contribution in [0, 0.1) is 0 Å². The van der Waals surface area contributed by atoms with E-state index in [0.29, 0.717) is 17.9 Å². The van der Waals surface area contributed by atoms with Crippen LogP contribution in [-0.4, -0.2) is 19.7 Å². The van der Waals surface area contributed by atoms with Gasteiger partial charge in [0.1, 0.15) is 12.4 Å². The Hall–Kier alpha value is -2.29. The lowest BCUT2D eigenvalue weighted by atomic mass is 10.1. The number of carbonyl (C=O) groups is 1. The Kier molecular flexibility index (Phi) is 3.63. The Balaban J connectivity index is 2.56. The molecule has 0 bridgehead atoms. The van der Waals surface area contributed by atoms with Crippen LogP contribution < -0.4 is 4.74 Å². The van der Waals surface area contributed by atoms with Crippen LogP contribution in [0.1, 0.15) is 10.4 Å². The highest BCUT2D eigenvalue weighted by Gasteiger charge is 2.10. The first-order valence-corrected chi connectivity index (χ1v) is 5.61. The van der Waals surface area contributed by atoms with Gasteiger partial charge in [-0.15, -0.1) is 0 Å². The highest BCUT2D eigenvalue weighted by atomic mass is 16.5. The van der Waals surface area contributed by atoms with Crippen molar-refractivity contribution in [3.63, 3.8) is 0 Å². The molecule has 92 valence electrons. The number of hydrogen-bond donors (Lipinski definition) is 0. The molecule has 0 amide bonds. The molecule has 0 saturated heterocycles. The van der Waals surface area contributed by atoms with E-state index >= 15 is 0 Å². The zero-order valence-corrected chi connectivity index (χ0v) is 10.2. The van der Waals surface area contributed by atoms with Gasteiger partial charge in [-0.2, -0.15) is 0 Å². The Morgan fingerprint density at radius 1 is 1.33 bits per heavy atom. The van der Waals surface area contributed by atoms with Gasteiger partial charge < -0.3 is 9.47 Å². The van der Waals surface area contributed by atoms with Crippen molar-refractivity contribution in [3.8, 4) is 5.75 Å². The monoisotopic (exact) mass is 242 g/mol. The molecule has 0 unspecified atom stereocenters. The fourth-order valence-electron chi connectivity index (χ4n) is 1.78. The molecule has 0 fully saturated rings. The maximum absolute atomic E-state index is 11.6. The molecule has 0 spiro atoms. The number of methoxy groups -OCH3 is 1. The number of rotatable bonds is 4. The second-order valence-corrected chi connectivity index (χ2v) is 3.79. The lowest BCUT2D eigenvalue weighted by Crippen LogP contribution is -2.02. The zero-order valence-electron chi connectivity index (χ0n) is 10.2. The molecular formula is C15H14O3. The van der Waals surface area contributed by atoms with Crippen LogP contribution in [0.25, 0.3) is 10.8 Å². The molecule has 2 aromatic carbocycles.